The predicted molar refractivity (Wildman–Crippen MR) is 120 cm³/mol. The highest BCUT2D eigenvalue weighted by molar-refractivity contribution is 6.09. The van der Waals surface area contributed by atoms with E-state index in [9.17, 15) is 9.90 Å². The third-order valence-electron chi connectivity index (χ3n) is 8.07. The largest absolute Gasteiger partial charge is 0.508 e. The van der Waals surface area contributed by atoms with Crippen molar-refractivity contribution in [2.24, 2.45) is 17.8 Å². The maximum absolute atomic E-state index is 13.4. The van der Waals surface area contributed by atoms with Crippen LogP contribution in [0.25, 0.3) is 0 Å². The van der Waals surface area contributed by atoms with E-state index in [0.29, 0.717) is 12.1 Å². The highest BCUT2D eigenvalue weighted by atomic mass is 16.3. The molecule has 4 bridgehead atoms. The van der Waals surface area contributed by atoms with Crippen molar-refractivity contribution in [1.29, 1.82) is 0 Å². The number of anilines is 1. The van der Waals surface area contributed by atoms with E-state index in [1.54, 1.807) is 36.7 Å². The molecule has 5 heteroatoms. The van der Waals surface area contributed by atoms with Crippen molar-refractivity contribution in [2.75, 3.05) is 18.1 Å². The number of nitrogens with zero attached hydrogens (tertiary/aromatic N) is 3. The van der Waals surface area contributed by atoms with E-state index >= 15 is 0 Å². The maximum Gasteiger partial charge on any atom is 0.191 e. The summed E-state index contributed by atoms with van der Waals surface area (Å²) in [6.45, 7) is 1.46. The van der Waals surface area contributed by atoms with E-state index in [1.807, 2.05) is 18.3 Å². The molecule has 0 radical (unpaired) electrons. The minimum absolute atomic E-state index is 0.0713. The first kappa shape index (κ1) is 19.1. The normalized spacial score (nSPS) is 32.2. The van der Waals surface area contributed by atoms with Crippen molar-refractivity contribution in [3.8, 4) is 5.75 Å². The van der Waals surface area contributed by atoms with Gasteiger partial charge in [-0.1, -0.05) is 6.07 Å². The molecule has 0 atom stereocenters. The lowest BCUT2D eigenvalue weighted by molar-refractivity contribution is -0.0859. The second-order valence-corrected chi connectivity index (χ2v) is 10.2. The van der Waals surface area contributed by atoms with E-state index in [-0.39, 0.29) is 17.1 Å². The van der Waals surface area contributed by atoms with Crippen LogP contribution in [-0.4, -0.2) is 39.5 Å². The SMILES string of the molecule is O=C(C1=CN(c2cccc(O)c2)CN(C23CC4CC(CC(C4)C2)C3)C1)c1ccncc1. The lowest BCUT2D eigenvalue weighted by Gasteiger charge is -2.61. The predicted octanol–water partition coefficient (Wildman–Crippen LogP) is 4.60. The van der Waals surface area contributed by atoms with Crippen molar-refractivity contribution in [2.45, 2.75) is 44.1 Å². The molecule has 4 fully saturated rings. The zero-order chi connectivity index (χ0) is 21.0. The van der Waals surface area contributed by atoms with E-state index in [1.165, 1.54) is 38.5 Å². The maximum atomic E-state index is 13.4. The molecule has 4 aliphatic carbocycles. The molecule has 4 saturated carbocycles. The van der Waals surface area contributed by atoms with Crippen LogP contribution in [0.5, 0.6) is 5.75 Å². The Labute approximate surface area is 183 Å². The summed E-state index contributed by atoms with van der Waals surface area (Å²) in [4.78, 5) is 22.2. The van der Waals surface area contributed by atoms with E-state index in [4.69, 9.17) is 0 Å². The van der Waals surface area contributed by atoms with Gasteiger partial charge in [0.05, 0.1) is 6.67 Å². The van der Waals surface area contributed by atoms with E-state index < -0.39 is 0 Å². The Balaban J connectivity index is 1.37. The quantitative estimate of drug-likeness (QED) is 0.740. The monoisotopic (exact) mass is 415 g/mol. The minimum Gasteiger partial charge on any atom is -0.508 e. The van der Waals surface area contributed by atoms with Gasteiger partial charge in [0.15, 0.2) is 5.78 Å². The summed E-state index contributed by atoms with van der Waals surface area (Å²) in [7, 11) is 0. The fraction of sp³-hybridized carbons (Fsp3) is 0.462. The second-order valence-electron chi connectivity index (χ2n) is 10.2. The van der Waals surface area contributed by atoms with Crippen LogP contribution >= 0.6 is 0 Å². The van der Waals surface area contributed by atoms with Crippen LogP contribution in [0.1, 0.15) is 48.9 Å². The van der Waals surface area contributed by atoms with Gasteiger partial charge in [-0.05, 0) is 80.5 Å². The fourth-order valence-electron chi connectivity index (χ4n) is 7.13. The van der Waals surface area contributed by atoms with Crippen LogP contribution in [-0.2, 0) is 0 Å². The Morgan fingerprint density at radius 2 is 1.68 bits per heavy atom. The van der Waals surface area contributed by atoms with Crippen LogP contribution in [0.2, 0.25) is 0 Å². The number of carbonyl (C=O) groups is 1. The third kappa shape index (κ3) is 3.35. The summed E-state index contributed by atoms with van der Waals surface area (Å²) < 4.78 is 0. The van der Waals surface area contributed by atoms with Gasteiger partial charge in [0.2, 0.25) is 0 Å². The van der Waals surface area contributed by atoms with Gasteiger partial charge in [0, 0.05) is 53.6 Å². The number of ketones is 1. The average molecular weight is 416 g/mol. The highest BCUT2D eigenvalue weighted by Gasteiger charge is 2.54. The van der Waals surface area contributed by atoms with E-state index in [0.717, 1.165) is 35.7 Å². The number of hydrogen-bond donors (Lipinski definition) is 1. The number of aromatic nitrogens is 1. The van der Waals surface area contributed by atoms with Crippen LogP contribution < -0.4 is 4.90 Å². The first-order chi connectivity index (χ1) is 15.1. The first-order valence-corrected chi connectivity index (χ1v) is 11.5. The number of phenols is 1. The molecular formula is C26H29N3O2. The van der Waals surface area contributed by atoms with Gasteiger partial charge < -0.3 is 10.0 Å². The zero-order valence-corrected chi connectivity index (χ0v) is 17.8. The molecule has 1 N–H and O–H groups in total. The Hall–Kier alpha value is -2.66. The summed E-state index contributed by atoms with van der Waals surface area (Å²) in [5.41, 5.74) is 2.64. The zero-order valence-electron chi connectivity index (χ0n) is 17.8. The highest BCUT2D eigenvalue weighted by Crippen LogP contribution is 2.58. The summed E-state index contributed by atoms with van der Waals surface area (Å²) >= 11 is 0. The topological polar surface area (TPSA) is 56.7 Å². The van der Waals surface area contributed by atoms with Gasteiger partial charge in [-0.3, -0.25) is 14.7 Å². The first-order valence-electron chi connectivity index (χ1n) is 11.5. The van der Waals surface area contributed by atoms with Crippen LogP contribution in [0.4, 0.5) is 5.69 Å². The number of phenolic OH excluding ortho intramolecular Hbond substituents is 1. The summed E-state index contributed by atoms with van der Waals surface area (Å²) in [5, 5.41) is 10.1. The fourth-order valence-corrected chi connectivity index (χ4v) is 7.13. The molecule has 160 valence electrons. The van der Waals surface area contributed by atoms with E-state index in [2.05, 4.69) is 14.8 Å². The van der Waals surface area contributed by atoms with Crippen LogP contribution in [0, 0.1) is 17.8 Å². The Morgan fingerprint density at radius 1 is 1.00 bits per heavy atom. The Kier molecular flexibility index (Phi) is 4.42. The molecule has 7 rings (SSSR count). The van der Waals surface area contributed by atoms with Crippen molar-refractivity contribution in [1.82, 2.24) is 9.88 Å². The lowest BCUT2D eigenvalue weighted by atomic mass is 9.52. The molecule has 1 aromatic heterocycles. The van der Waals surface area contributed by atoms with Crippen molar-refractivity contribution >= 4 is 11.5 Å². The molecular weight excluding hydrogens is 386 g/mol. The summed E-state index contributed by atoms with van der Waals surface area (Å²) in [6, 6.07) is 10.9. The van der Waals surface area contributed by atoms with Crippen molar-refractivity contribution < 1.29 is 9.90 Å². The average Bonchev–Trinajstić information content (AvgIpc) is 2.78. The molecule has 0 amide bonds. The van der Waals surface area contributed by atoms with Crippen molar-refractivity contribution in [3.05, 3.63) is 66.1 Å². The number of Topliss-reactive ketones (excluding diaryl/α,β-unsaturated/α-hetero) is 1. The van der Waals surface area contributed by atoms with Crippen LogP contribution in [0.15, 0.2) is 60.6 Å². The number of carbonyl (C=O) groups excluding carboxylic acids is 1. The minimum atomic E-state index is 0.0713. The van der Waals surface area contributed by atoms with Gasteiger partial charge in [-0.25, -0.2) is 0 Å². The molecule has 1 aromatic carbocycles. The van der Waals surface area contributed by atoms with Gasteiger partial charge in [0.25, 0.3) is 0 Å². The number of hydrogen-bond acceptors (Lipinski definition) is 5. The lowest BCUT2D eigenvalue weighted by Crippen LogP contribution is -2.63. The number of aromatic hydroxyl groups is 1. The Bertz CT molecular complexity index is 997. The summed E-state index contributed by atoms with van der Waals surface area (Å²) in [6.07, 6.45) is 13.4. The number of benzene rings is 1. The molecule has 2 heterocycles. The number of pyridine rings is 1. The molecule has 0 saturated heterocycles. The third-order valence-corrected chi connectivity index (χ3v) is 8.07. The molecule has 31 heavy (non-hydrogen) atoms. The molecule has 5 nitrogen and oxygen atoms in total. The Morgan fingerprint density at radius 3 is 2.32 bits per heavy atom. The molecule has 5 aliphatic rings. The molecule has 1 aliphatic heterocycles. The molecule has 0 unspecified atom stereocenters. The molecule has 2 aromatic rings. The number of rotatable bonds is 4. The van der Waals surface area contributed by atoms with Gasteiger partial charge in [0.1, 0.15) is 5.75 Å². The molecule has 0 spiro atoms. The van der Waals surface area contributed by atoms with Gasteiger partial charge in [-0.15, -0.1) is 0 Å². The van der Waals surface area contributed by atoms with Gasteiger partial charge in [-0.2, -0.15) is 0 Å². The standard InChI is InChI=1S/C26H29N3O2/c30-24-3-1-2-23(11-24)28-15-22(25(31)21-4-6-27-7-5-21)16-29(17-28)26-12-18-8-19(13-26)10-20(9-18)14-26/h1-7,11,15,18-20,30H,8-10,12-14,16-17H2. The summed E-state index contributed by atoms with van der Waals surface area (Å²) in [5.74, 6) is 2.88. The van der Waals surface area contributed by atoms with Gasteiger partial charge >= 0.3 is 0 Å². The smallest absolute Gasteiger partial charge is 0.191 e. The second kappa shape index (κ2) is 7.20. The van der Waals surface area contributed by atoms with Crippen molar-refractivity contribution in [3.63, 3.8) is 0 Å². The van der Waals surface area contributed by atoms with Crippen LogP contribution in [0.3, 0.4) is 0 Å².